The minimum Gasteiger partial charge on any atom is -0.490 e. The van der Waals surface area contributed by atoms with Crippen LogP contribution in [0, 0.1) is 24.1 Å². The van der Waals surface area contributed by atoms with Crippen LogP contribution in [0.5, 0.6) is 5.75 Å². The van der Waals surface area contributed by atoms with Crippen LogP contribution in [-0.4, -0.2) is 17.7 Å². The molecule has 1 aromatic carbocycles. The Kier molecular flexibility index (Phi) is 4.84. The van der Waals surface area contributed by atoms with Crippen molar-refractivity contribution in [3.8, 4) is 11.8 Å². The second kappa shape index (κ2) is 6.44. The van der Waals surface area contributed by atoms with Gasteiger partial charge in [-0.15, -0.1) is 0 Å². The average molecular weight is 290 g/mol. The van der Waals surface area contributed by atoms with E-state index >= 15 is 0 Å². The van der Waals surface area contributed by atoms with Crippen molar-refractivity contribution in [1.82, 2.24) is 5.32 Å². The molecule has 114 valence electrons. The Morgan fingerprint density at radius 3 is 2.86 bits per heavy atom. The SMILES string of the molecule is Cc1cc(OC2CCCC(C#N)(NC(C)C)C2)ccc1F. The van der Waals surface area contributed by atoms with Gasteiger partial charge >= 0.3 is 0 Å². The highest BCUT2D eigenvalue weighted by molar-refractivity contribution is 5.29. The van der Waals surface area contributed by atoms with Crippen LogP contribution in [-0.2, 0) is 0 Å². The van der Waals surface area contributed by atoms with E-state index in [0.717, 1.165) is 19.3 Å². The standard InChI is InChI=1S/C17H23FN2O/c1-12(2)20-17(11-19)8-4-5-15(10-17)21-14-6-7-16(18)13(3)9-14/h6-7,9,12,15,20H,4-5,8,10H2,1-3H3. The molecular formula is C17H23FN2O. The van der Waals surface area contributed by atoms with Gasteiger partial charge in [0, 0.05) is 12.5 Å². The van der Waals surface area contributed by atoms with Crippen LogP contribution in [0.2, 0.25) is 0 Å². The van der Waals surface area contributed by atoms with Crippen LogP contribution >= 0.6 is 0 Å². The summed E-state index contributed by atoms with van der Waals surface area (Å²) in [4.78, 5) is 0. The molecule has 2 rings (SSSR count). The van der Waals surface area contributed by atoms with E-state index in [9.17, 15) is 9.65 Å². The minimum atomic E-state index is -0.508. The number of nitriles is 1. The van der Waals surface area contributed by atoms with Crippen molar-refractivity contribution in [1.29, 1.82) is 5.26 Å². The summed E-state index contributed by atoms with van der Waals surface area (Å²) in [5, 5.41) is 12.9. The largest absolute Gasteiger partial charge is 0.490 e. The van der Waals surface area contributed by atoms with Gasteiger partial charge in [-0.1, -0.05) is 0 Å². The zero-order chi connectivity index (χ0) is 15.5. The molecule has 0 amide bonds. The monoisotopic (exact) mass is 290 g/mol. The summed E-state index contributed by atoms with van der Waals surface area (Å²) in [7, 11) is 0. The molecule has 3 nitrogen and oxygen atoms in total. The number of ether oxygens (including phenoxy) is 1. The Morgan fingerprint density at radius 1 is 1.48 bits per heavy atom. The van der Waals surface area contributed by atoms with Crippen molar-refractivity contribution in [3.05, 3.63) is 29.6 Å². The molecule has 0 aromatic heterocycles. The highest BCUT2D eigenvalue weighted by Gasteiger charge is 2.37. The van der Waals surface area contributed by atoms with E-state index in [0.29, 0.717) is 17.7 Å². The van der Waals surface area contributed by atoms with Crippen molar-refractivity contribution >= 4 is 0 Å². The van der Waals surface area contributed by atoms with Crippen LogP contribution in [0.4, 0.5) is 4.39 Å². The number of hydrogen-bond acceptors (Lipinski definition) is 3. The van der Waals surface area contributed by atoms with Crippen LogP contribution in [0.25, 0.3) is 0 Å². The van der Waals surface area contributed by atoms with E-state index in [1.165, 1.54) is 6.07 Å². The summed E-state index contributed by atoms with van der Waals surface area (Å²) in [6.45, 7) is 5.82. The van der Waals surface area contributed by atoms with Gasteiger partial charge in [0.25, 0.3) is 0 Å². The van der Waals surface area contributed by atoms with Crippen LogP contribution < -0.4 is 10.1 Å². The van der Waals surface area contributed by atoms with E-state index in [-0.39, 0.29) is 18.0 Å². The van der Waals surface area contributed by atoms with Crippen molar-refractivity contribution in [2.24, 2.45) is 0 Å². The summed E-state index contributed by atoms with van der Waals surface area (Å²) >= 11 is 0. The Labute approximate surface area is 126 Å². The third-order valence-electron chi connectivity index (χ3n) is 3.92. The first-order valence-corrected chi connectivity index (χ1v) is 7.56. The van der Waals surface area contributed by atoms with Crippen molar-refractivity contribution in [2.45, 2.75) is 64.1 Å². The second-order valence-corrected chi connectivity index (χ2v) is 6.24. The molecule has 2 atom stereocenters. The molecular weight excluding hydrogens is 267 g/mol. The first-order valence-electron chi connectivity index (χ1n) is 7.56. The quantitative estimate of drug-likeness (QED) is 0.919. The van der Waals surface area contributed by atoms with Gasteiger partial charge in [0.05, 0.1) is 6.07 Å². The molecule has 0 heterocycles. The Bertz CT molecular complexity index is 538. The third kappa shape index (κ3) is 3.95. The molecule has 21 heavy (non-hydrogen) atoms. The van der Waals surface area contributed by atoms with Gasteiger partial charge < -0.3 is 4.74 Å². The molecule has 0 spiro atoms. The maximum atomic E-state index is 13.3. The molecule has 0 bridgehead atoms. The average Bonchev–Trinajstić information content (AvgIpc) is 2.42. The fourth-order valence-electron chi connectivity index (χ4n) is 3.03. The van der Waals surface area contributed by atoms with Gasteiger partial charge in [0.15, 0.2) is 0 Å². The zero-order valence-electron chi connectivity index (χ0n) is 12.9. The lowest BCUT2D eigenvalue weighted by atomic mass is 9.80. The molecule has 0 aliphatic heterocycles. The molecule has 0 saturated heterocycles. The zero-order valence-corrected chi connectivity index (χ0v) is 12.9. The van der Waals surface area contributed by atoms with Gasteiger partial charge in [-0.05, 0) is 63.8 Å². The fourth-order valence-corrected chi connectivity index (χ4v) is 3.03. The van der Waals surface area contributed by atoms with Crippen LogP contribution in [0.15, 0.2) is 18.2 Å². The number of rotatable bonds is 4. The van der Waals surface area contributed by atoms with Crippen LogP contribution in [0.1, 0.15) is 45.1 Å². The molecule has 4 heteroatoms. The lowest BCUT2D eigenvalue weighted by Gasteiger charge is -2.37. The van der Waals surface area contributed by atoms with Crippen molar-refractivity contribution in [2.75, 3.05) is 0 Å². The smallest absolute Gasteiger partial charge is 0.126 e. The normalized spacial score (nSPS) is 25.6. The summed E-state index contributed by atoms with van der Waals surface area (Å²) < 4.78 is 19.3. The molecule has 1 fully saturated rings. The summed E-state index contributed by atoms with van der Waals surface area (Å²) in [6.07, 6.45) is 3.40. The molecule has 2 unspecified atom stereocenters. The number of hydrogen-bond donors (Lipinski definition) is 1. The number of nitrogens with zero attached hydrogens (tertiary/aromatic N) is 1. The lowest BCUT2D eigenvalue weighted by Crippen LogP contribution is -2.52. The lowest BCUT2D eigenvalue weighted by molar-refractivity contribution is 0.109. The molecule has 0 radical (unpaired) electrons. The summed E-state index contributed by atoms with van der Waals surface area (Å²) in [6, 6.07) is 7.49. The van der Waals surface area contributed by atoms with E-state index < -0.39 is 5.54 Å². The maximum Gasteiger partial charge on any atom is 0.126 e. The molecule has 1 N–H and O–H groups in total. The van der Waals surface area contributed by atoms with Crippen molar-refractivity contribution < 1.29 is 9.13 Å². The highest BCUT2D eigenvalue weighted by Crippen LogP contribution is 2.31. The minimum absolute atomic E-state index is 0.00508. The first kappa shape index (κ1) is 15.8. The van der Waals surface area contributed by atoms with E-state index in [1.807, 2.05) is 13.8 Å². The van der Waals surface area contributed by atoms with E-state index in [4.69, 9.17) is 4.74 Å². The predicted octanol–water partition coefficient (Wildman–Crippen LogP) is 3.72. The maximum absolute atomic E-state index is 13.3. The van der Waals surface area contributed by atoms with Gasteiger partial charge in [-0.2, -0.15) is 5.26 Å². The summed E-state index contributed by atoms with van der Waals surface area (Å²) in [5.74, 6) is 0.455. The van der Waals surface area contributed by atoms with Crippen molar-refractivity contribution in [3.63, 3.8) is 0 Å². The predicted molar refractivity (Wildman–Crippen MR) is 80.6 cm³/mol. The second-order valence-electron chi connectivity index (χ2n) is 6.24. The first-order chi connectivity index (χ1) is 9.94. The molecule has 1 aromatic rings. The number of aryl methyl sites for hydroxylation is 1. The van der Waals surface area contributed by atoms with Gasteiger partial charge in [0.1, 0.15) is 23.2 Å². The number of benzene rings is 1. The van der Waals surface area contributed by atoms with Gasteiger partial charge in [0.2, 0.25) is 0 Å². The van der Waals surface area contributed by atoms with Crippen LogP contribution in [0.3, 0.4) is 0 Å². The Hall–Kier alpha value is -1.60. The fraction of sp³-hybridized carbons (Fsp3) is 0.588. The topological polar surface area (TPSA) is 45.0 Å². The Morgan fingerprint density at radius 2 is 2.24 bits per heavy atom. The van der Waals surface area contributed by atoms with Gasteiger partial charge in [-0.25, -0.2) is 4.39 Å². The molecule has 1 aliphatic rings. The summed E-state index contributed by atoms with van der Waals surface area (Å²) in [5.41, 5.74) is 0.0711. The molecule has 1 saturated carbocycles. The van der Waals surface area contributed by atoms with Gasteiger partial charge in [-0.3, -0.25) is 5.32 Å². The molecule has 1 aliphatic carbocycles. The van der Waals surface area contributed by atoms with E-state index in [1.54, 1.807) is 19.1 Å². The highest BCUT2D eigenvalue weighted by atomic mass is 19.1. The number of nitrogens with one attached hydrogen (secondary N) is 1. The number of halogens is 1. The van der Waals surface area contributed by atoms with E-state index in [2.05, 4.69) is 11.4 Å². The third-order valence-corrected chi connectivity index (χ3v) is 3.92. The Balaban J connectivity index is 2.07.